The molecule has 0 unspecified atom stereocenters. The van der Waals surface area contributed by atoms with Crippen LogP contribution >= 0.6 is 27.7 Å². The molecule has 3 amide bonds. The SMILES string of the molecule is CCOc1ccc(NC(=O)CN2C(=O)S/C(=C/c3cc(Br)c(OCc4ccc(F)cc4)c(OCC)c3)C2=O)cc1. The summed E-state index contributed by atoms with van der Waals surface area (Å²) in [5.41, 5.74) is 1.89. The van der Waals surface area contributed by atoms with Crippen LogP contribution in [-0.2, 0) is 16.2 Å². The van der Waals surface area contributed by atoms with Gasteiger partial charge in [-0.05, 0) is 107 Å². The van der Waals surface area contributed by atoms with Crippen molar-refractivity contribution in [2.45, 2.75) is 20.5 Å². The van der Waals surface area contributed by atoms with Crippen LogP contribution in [0.1, 0.15) is 25.0 Å². The number of anilines is 1. The lowest BCUT2D eigenvalue weighted by Crippen LogP contribution is -2.36. The predicted molar refractivity (Wildman–Crippen MR) is 155 cm³/mol. The van der Waals surface area contributed by atoms with Crippen LogP contribution in [0, 0.1) is 5.82 Å². The molecule has 11 heteroatoms. The first-order valence-electron chi connectivity index (χ1n) is 12.4. The average Bonchev–Trinajstić information content (AvgIpc) is 3.18. The third-order valence-corrected chi connectivity index (χ3v) is 7.05. The van der Waals surface area contributed by atoms with Gasteiger partial charge in [0.05, 0.1) is 22.6 Å². The Kier molecular flexibility index (Phi) is 9.84. The van der Waals surface area contributed by atoms with Gasteiger partial charge >= 0.3 is 0 Å². The molecule has 1 saturated heterocycles. The number of benzene rings is 3. The Morgan fingerprint density at radius 3 is 2.38 bits per heavy atom. The number of nitrogens with zero attached hydrogens (tertiary/aromatic N) is 1. The molecule has 3 aromatic rings. The van der Waals surface area contributed by atoms with Gasteiger partial charge in [-0.25, -0.2) is 4.39 Å². The van der Waals surface area contributed by atoms with Gasteiger partial charge in [0.25, 0.3) is 11.1 Å². The van der Waals surface area contributed by atoms with E-state index in [0.29, 0.717) is 46.2 Å². The number of carbonyl (C=O) groups excluding carboxylic acids is 3. The minimum atomic E-state index is -0.567. The molecule has 1 fully saturated rings. The van der Waals surface area contributed by atoms with Crippen molar-refractivity contribution in [3.8, 4) is 17.2 Å². The number of amides is 3. The zero-order chi connectivity index (χ0) is 28.6. The number of imide groups is 1. The molecular weight excluding hydrogens is 603 g/mol. The molecule has 1 N–H and O–H groups in total. The first-order chi connectivity index (χ1) is 19.3. The fraction of sp³-hybridized carbons (Fsp3) is 0.207. The Hall–Kier alpha value is -3.83. The van der Waals surface area contributed by atoms with E-state index in [9.17, 15) is 18.8 Å². The summed E-state index contributed by atoms with van der Waals surface area (Å²) in [4.78, 5) is 39.2. The van der Waals surface area contributed by atoms with Crippen LogP contribution in [0.2, 0.25) is 0 Å². The Balaban J connectivity index is 1.45. The lowest BCUT2D eigenvalue weighted by Gasteiger charge is -2.15. The van der Waals surface area contributed by atoms with Gasteiger partial charge in [0, 0.05) is 5.69 Å². The minimum absolute atomic E-state index is 0.174. The number of rotatable bonds is 11. The van der Waals surface area contributed by atoms with Gasteiger partial charge in [0.15, 0.2) is 11.5 Å². The monoisotopic (exact) mass is 628 g/mol. The first-order valence-corrected chi connectivity index (χ1v) is 14.0. The minimum Gasteiger partial charge on any atom is -0.494 e. The highest BCUT2D eigenvalue weighted by molar-refractivity contribution is 9.10. The molecule has 4 rings (SSSR count). The highest BCUT2D eigenvalue weighted by Gasteiger charge is 2.36. The lowest BCUT2D eigenvalue weighted by atomic mass is 10.1. The number of hydrogen-bond acceptors (Lipinski definition) is 7. The number of ether oxygens (including phenoxy) is 3. The van der Waals surface area contributed by atoms with Gasteiger partial charge in [-0.1, -0.05) is 12.1 Å². The molecule has 0 bridgehead atoms. The molecule has 208 valence electrons. The molecule has 1 aliphatic rings. The Bertz CT molecular complexity index is 1430. The van der Waals surface area contributed by atoms with Gasteiger partial charge in [-0.15, -0.1) is 0 Å². The largest absolute Gasteiger partial charge is 0.494 e. The molecule has 0 atom stereocenters. The van der Waals surface area contributed by atoms with Crippen molar-refractivity contribution in [1.29, 1.82) is 0 Å². The Morgan fingerprint density at radius 2 is 1.70 bits per heavy atom. The van der Waals surface area contributed by atoms with Crippen LogP contribution < -0.4 is 19.5 Å². The van der Waals surface area contributed by atoms with E-state index in [-0.39, 0.29) is 17.3 Å². The predicted octanol–water partition coefficient (Wildman–Crippen LogP) is 6.64. The molecule has 40 heavy (non-hydrogen) atoms. The number of hydrogen-bond donors (Lipinski definition) is 1. The van der Waals surface area contributed by atoms with Crippen LogP contribution in [0.15, 0.2) is 70.0 Å². The first kappa shape index (κ1) is 29.2. The van der Waals surface area contributed by atoms with Crippen molar-refractivity contribution in [2.75, 3.05) is 25.1 Å². The van der Waals surface area contributed by atoms with Gasteiger partial charge < -0.3 is 19.5 Å². The van der Waals surface area contributed by atoms with E-state index >= 15 is 0 Å². The summed E-state index contributed by atoms with van der Waals surface area (Å²) in [7, 11) is 0. The maximum Gasteiger partial charge on any atom is 0.294 e. The summed E-state index contributed by atoms with van der Waals surface area (Å²) in [6.45, 7) is 4.36. The van der Waals surface area contributed by atoms with E-state index in [0.717, 1.165) is 22.2 Å². The van der Waals surface area contributed by atoms with E-state index in [1.54, 1.807) is 54.6 Å². The van der Waals surface area contributed by atoms with E-state index in [2.05, 4.69) is 21.2 Å². The molecule has 0 saturated carbocycles. The van der Waals surface area contributed by atoms with Crippen LogP contribution in [0.4, 0.5) is 14.9 Å². The second-order valence-corrected chi connectivity index (χ2v) is 10.3. The Morgan fingerprint density at radius 1 is 1.00 bits per heavy atom. The van der Waals surface area contributed by atoms with Crippen molar-refractivity contribution < 1.29 is 33.0 Å². The smallest absolute Gasteiger partial charge is 0.294 e. The second kappa shape index (κ2) is 13.5. The molecule has 0 spiro atoms. The van der Waals surface area contributed by atoms with Crippen molar-refractivity contribution >= 4 is 56.5 Å². The molecule has 1 aliphatic heterocycles. The van der Waals surface area contributed by atoms with Crippen molar-refractivity contribution in [1.82, 2.24) is 4.90 Å². The summed E-state index contributed by atoms with van der Waals surface area (Å²) in [5.74, 6) is 0.144. The van der Waals surface area contributed by atoms with Crippen LogP contribution in [0.5, 0.6) is 17.2 Å². The maximum absolute atomic E-state index is 13.2. The number of thioether (sulfide) groups is 1. The molecule has 8 nitrogen and oxygen atoms in total. The number of carbonyl (C=O) groups is 3. The van der Waals surface area contributed by atoms with Gasteiger partial charge in [-0.3, -0.25) is 19.3 Å². The van der Waals surface area contributed by atoms with Crippen LogP contribution in [-0.4, -0.2) is 41.7 Å². The van der Waals surface area contributed by atoms with Crippen molar-refractivity contribution in [2.24, 2.45) is 0 Å². The van der Waals surface area contributed by atoms with Crippen molar-refractivity contribution in [3.63, 3.8) is 0 Å². The number of nitrogens with one attached hydrogen (secondary N) is 1. The summed E-state index contributed by atoms with van der Waals surface area (Å²) < 4.78 is 30.8. The van der Waals surface area contributed by atoms with E-state index in [4.69, 9.17) is 14.2 Å². The molecule has 0 radical (unpaired) electrons. The standard InChI is InChI=1S/C29H26BrFN2O6S/c1-3-37-22-11-9-21(10-12-22)32-26(34)16-33-28(35)25(40-29(33)36)15-19-13-23(30)27(24(14-19)38-4-2)39-17-18-5-7-20(31)8-6-18/h5-15H,3-4,16-17H2,1-2H3,(H,32,34)/b25-15+. The third kappa shape index (κ3) is 7.42. The fourth-order valence-corrected chi connectivity index (χ4v) is 5.16. The molecule has 3 aromatic carbocycles. The molecule has 1 heterocycles. The lowest BCUT2D eigenvalue weighted by molar-refractivity contribution is -0.127. The summed E-state index contributed by atoms with van der Waals surface area (Å²) in [6, 6.07) is 16.2. The van der Waals surface area contributed by atoms with E-state index in [1.165, 1.54) is 12.1 Å². The zero-order valence-corrected chi connectivity index (χ0v) is 24.1. The maximum atomic E-state index is 13.2. The second-order valence-electron chi connectivity index (χ2n) is 8.45. The molecule has 0 aliphatic carbocycles. The van der Waals surface area contributed by atoms with Gasteiger partial charge in [-0.2, -0.15) is 0 Å². The van der Waals surface area contributed by atoms with Gasteiger partial charge in [0.1, 0.15) is 24.7 Å². The summed E-state index contributed by atoms with van der Waals surface area (Å²) in [6.07, 6.45) is 1.56. The van der Waals surface area contributed by atoms with E-state index < -0.39 is 23.6 Å². The Labute approximate surface area is 243 Å². The topological polar surface area (TPSA) is 94.2 Å². The third-order valence-electron chi connectivity index (χ3n) is 5.55. The zero-order valence-electron chi connectivity index (χ0n) is 21.7. The highest BCUT2D eigenvalue weighted by atomic mass is 79.9. The van der Waals surface area contributed by atoms with Crippen molar-refractivity contribution in [3.05, 3.63) is 87.0 Å². The molecule has 0 aromatic heterocycles. The normalized spacial score (nSPS) is 14.0. The number of halogens is 2. The summed E-state index contributed by atoms with van der Waals surface area (Å²) in [5, 5.41) is 2.14. The summed E-state index contributed by atoms with van der Waals surface area (Å²) >= 11 is 4.25. The van der Waals surface area contributed by atoms with Gasteiger partial charge in [0.2, 0.25) is 5.91 Å². The average molecular weight is 630 g/mol. The van der Waals surface area contributed by atoms with Crippen LogP contribution in [0.3, 0.4) is 0 Å². The molecular formula is C29H26BrFN2O6S. The fourth-order valence-electron chi connectivity index (χ4n) is 3.74. The quantitative estimate of drug-likeness (QED) is 0.238. The van der Waals surface area contributed by atoms with Crippen LogP contribution in [0.25, 0.3) is 6.08 Å². The highest BCUT2D eigenvalue weighted by Crippen LogP contribution is 2.39. The van der Waals surface area contributed by atoms with E-state index in [1.807, 2.05) is 13.8 Å².